The van der Waals surface area contributed by atoms with E-state index in [9.17, 15) is 9.59 Å². The highest BCUT2D eigenvalue weighted by molar-refractivity contribution is 6.18. The zero-order valence-electron chi connectivity index (χ0n) is 28.9. The van der Waals surface area contributed by atoms with E-state index in [1.54, 1.807) is 19.4 Å². The maximum atomic E-state index is 15.4. The normalized spacial score (nSPS) is 19.0. The number of anilines is 1. The van der Waals surface area contributed by atoms with Crippen LogP contribution in [0.3, 0.4) is 0 Å². The summed E-state index contributed by atoms with van der Waals surface area (Å²) in [5, 5.41) is 6.33. The zero-order chi connectivity index (χ0) is 35.3. The molecular formula is C39H41F2N5O4. The molecule has 1 atom stereocenters. The molecule has 260 valence electrons. The summed E-state index contributed by atoms with van der Waals surface area (Å²) in [5.74, 6) is -1.71. The number of hydrogen-bond acceptors (Lipinski definition) is 6. The van der Waals surface area contributed by atoms with Crippen molar-refractivity contribution in [2.75, 3.05) is 25.6 Å². The van der Waals surface area contributed by atoms with Crippen LogP contribution < -0.4 is 15.4 Å². The van der Waals surface area contributed by atoms with Crippen LogP contribution in [0.15, 0.2) is 54.7 Å². The van der Waals surface area contributed by atoms with E-state index in [0.29, 0.717) is 42.0 Å². The van der Waals surface area contributed by atoms with E-state index >= 15 is 8.78 Å². The summed E-state index contributed by atoms with van der Waals surface area (Å²) >= 11 is 0. The molecule has 2 N–H and O–H groups in total. The molecule has 0 saturated heterocycles. The monoisotopic (exact) mass is 681 g/mol. The van der Waals surface area contributed by atoms with Crippen molar-refractivity contribution >= 4 is 39.3 Å². The Hall–Kier alpha value is -4.87. The summed E-state index contributed by atoms with van der Waals surface area (Å²) in [6.45, 7) is 6.76. The van der Waals surface area contributed by atoms with Crippen molar-refractivity contribution in [3.05, 3.63) is 88.9 Å². The van der Waals surface area contributed by atoms with Crippen molar-refractivity contribution in [1.82, 2.24) is 19.4 Å². The van der Waals surface area contributed by atoms with Gasteiger partial charge in [-0.1, -0.05) is 24.3 Å². The molecule has 7 rings (SSSR count). The van der Waals surface area contributed by atoms with Gasteiger partial charge in [0.15, 0.2) is 11.5 Å². The number of methoxy groups -OCH3 is 1. The Kier molecular flexibility index (Phi) is 9.04. The molecule has 50 heavy (non-hydrogen) atoms. The quantitative estimate of drug-likeness (QED) is 0.132. The number of aryl methyl sites for hydroxylation is 3. The molecule has 1 amide bonds. The van der Waals surface area contributed by atoms with E-state index in [1.165, 1.54) is 6.08 Å². The van der Waals surface area contributed by atoms with Crippen LogP contribution in [0, 0.1) is 25.5 Å². The van der Waals surface area contributed by atoms with Crippen molar-refractivity contribution < 1.29 is 27.8 Å². The molecule has 5 aromatic rings. The number of nitrogens with zero attached hydrogens (tertiary/aromatic N) is 3. The first kappa shape index (κ1) is 33.6. The summed E-state index contributed by atoms with van der Waals surface area (Å²) < 4.78 is 46.6. The molecule has 9 nitrogen and oxygen atoms in total. The van der Waals surface area contributed by atoms with E-state index in [0.717, 1.165) is 76.9 Å². The highest BCUT2D eigenvalue weighted by Gasteiger charge is 2.29. The molecule has 0 radical (unpaired) electrons. The van der Waals surface area contributed by atoms with Crippen LogP contribution in [0.25, 0.3) is 33.1 Å². The third-order valence-corrected chi connectivity index (χ3v) is 10.2. The first-order valence-corrected chi connectivity index (χ1v) is 17.1. The zero-order valence-corrected chi connectivity index (χ0v) is 28.9. The van der Waals surface area contributed by atoms with Gasteiger partial charge in [0.2, 0.25) is 5.91 Å². The van der Waals surface area contributed by atoms with E-state index in [-0.39, 0.29) is 11.6 Å². The highest BCUT2D eigenvalue weighted by atomic mass is 19.1. The van der Waals surface area contributed by atoms with E-state index in [2.05, 4.69) is 16.7 Å². The van der Waals surface area contributed by atoms with Gasteiger partial charge in [0.05, 0.1) is 23.2 Å². The van der Waals surface area contributed by atoms with Crippen LogP contribution in [-0.2, 0) is 16.6 Å². The van der Waals surface area contributed by atoms with E-state index in [1.807, 2.05) is 55.2 Å². The molecule has 3 aromatic carbocycles. The second-order valence-corrected chi connectivity index (χ2v) is 13.4. The molecular weight excluding hydrogens is 640 g/mol. The van der Waals surface area contributed by atoms with Gasteiger partial charge in [-0.2, -0.15) is 0 Å². The van der Waals surface area contributed by atoms with Crippen LogP contribution in [0.4, 0.5) is 14.5 Å². The molecule has 2 aliphatic rings. The van der Waals surface area contributed by atoms with Gasteiger partial charge in [0.25, 0.3) is 0 Å². The molecule has 1 aliphatic heterocycles. The number of halogens is 2. The molecule has 1 aliphatic carbocycles. The van der Waals surface area contributed by atoms with Crippen LogP contribution in [0.1, 0.15) is 66.0 Å². The van der Waals surface area contributed by atoms with Crippen molar-refractivity contribution in [3.8, 4) is 16.9 Å². The molecule has 1 saturated carbocycles. The summed E-state index contributed by atoms with van der Waals surface area (Å²) in [4.78, 5) is 31.3. The Labute approximate surface area is 289 Å². The van der Waals surface area contributed by atoms with Crippen molar-refractivity contribution in [2.24, 2.45) is 7.05 Å². The van der Waals surface area contributed by atoms with E-state index < -0.39 is 29.0 Å². The number of rotatable bonds is 8. The number of carbonyl (C=O) groups is 2. The van der Waals surface area contributed by atoms with Crippen molar-refractivity contribution in [3.63, 3.8) is 0 Å². The third kappa shape index (κ3) is 5.98. The smallest absolute Gasteiger partial charge is 0.248 e. The lowest BCUT2D eigenvalue weighted by molar-refractivity contribution is -0.112. The third-order valence-electron chi connectivity index (χ3n) is 10.2. The topological polar surface area (TPSA) is 99.4 Å². The number of imidazole rings is 1. The number of para-hydroxylation sites is 1. The fraction of sp³-hybridized carbons (Fsp3) is 0.359. The summed E-state index contributed by atoms with van der Waals surface area (Å²) in [6, 6.07) is 9.92. The minimum absolute atomic E-state index is 0.161. The summed E-state index contributed by atoms with van der Waals surface area (Å²) in [6.07, 6.45) is 8.83. The van der Waals surface area contributed by atoms with Crippen LogP contribution >= 0.6 is 0 Å². The molecule has 11 heteroatoms. The Morgan fingerprint density at radius 3 is 2.56 bits per heavy atom. The summed E-state index contributed by atoms with van der Waals surface area (Å²) in [5.41, 5.74) is 4.89. The first-order valence-electron chi connectivity index (χ1n) is 17.1. The first-order chi connectivity index (χ1) is 24.0. The number of ether oxygens (including phenoxy) is 2. The highest BCUT2D eigenvalue weighted by Crippen LogP contribution is 2.45. The predicted octanol–water partition coefficient (Wildman–Crippen LogP) is 7.32. The number of benzene rings is 3. The number of nitrogens with one attached hydrogen (secondary N) is 2. The molecule has 0 bridgehead atoms. The Bertz CT molecular complexity index is 2150. The molecule has 3 heterocycles. The second-order valence-electron chi connectivity index (χ2n) is 13.4. The lowest BCUT2D eigenvalue weighted by Gasteiger charge is -2.27. The number of carbonyl (C=O) groups excluding carboxylic acids is 2. The van der Waals surface area contributed by atoms with Crippen molar-refractivity contribution in [1.29, 1.82) is 0 Å². The van der Waals surface area contributed by atoms with Gasteiger partial charge < -0.3 is 29.2 Å². The Balaban J connectivity index is 1.15. The van der Waals surface area contributed by atoms with E-state index in [4.69, 9.17) is 14.5 Å². The molecule has 2 aromatic heterocycles. The Morgan fingerprint density at radius 2 is 1.84 bits per heavy atom. The maximum absolute atomic E-state index is 15.4. The number of ketones is 1. The molecule has 0 unspecified atom stereocenters. The molecule has 1 fully saturated rings. The van der Waals surface area contributed by atoms with Gasteiger partial charge in [-0.25, -0.2) is 13.8 Å². The number of amides is 1. The van der Waals surface area contributed by atoms with Crippen LogP contribution in [-0.4, -0.2) is 58.2 Å². The summed E-state index contributed by atoms with van der Waals surface area (Å²) in [7, 11) is 3.70. The molecule has 0 spiro atoms. The lowest BCUT2D eigenvalue weighted by Crippen LogP contribution is -2.35. The maximum Gasteiger partial charge on any atom is 0.248 e. The SMILES string of the molecule is COC1CCC(NC/C=C/C(=O)Nc2c(F)cc(C(=O)c3cn4c5c(cccc35)-c3c(C)cc5c(nc(C)n5C)c3OC[C@H]4C)cc2F)CC1. The standard InChI is InChI=1S/C39H41F2N5O4/c1-21-16-32-36(43-23(3)45(32)4)39-34(21)28-9-6-8-27-29(19-46(37(27)28)22(2)20-50-39)38(48)24-17-30(40)35(31(41)18-24)44-33(47)10-7-15-42-25-11-13-26(49-5)14-12-25/h6-10,16-19,22,25-26,42H,11-15,20H2,1-5H3,(H,44,47)/b10-7+/t22-,25?,26?/m1/s1. The van der Waals surface area contributed by atoms with Crippen molar-refractivity contribution in [2.45, 2.75) is 64.6 Å². The largest absolute Gasteiger partial charge is 0.488 e. The van der Waals surface area contributed by atoms with Gasteiger partial charge in [-0.3, -0.25) is 9.59 Å². The minimum Gasteiger partial charge on any atom is -0.488 e. The van der Waals surface area contributed by atoms with Crippen LogP contribution in [0.2, 0.25) is 0 Å². The fourth-order valence-corrected chi connectivity index (χ4v) is 7.38. The van der Waals surface area contributed by atoms with Gasteiger partial charge in [-0.15, -0.1) is 0 Å². The van der Waals surface area contributed by atoms with Gasteiger partial charge in [0.1, 0.15) is 35.3 Å². The predicted molar refractivity (Wildman–Crippen MR) is 190 cm³/mol. The average molecular weight is 682 g/mol. The minimum atomic E-state index is -1.04. The van der Waals surface area contributed by atoms with Gasteiger partial charge in [0, 0.05) is 66.7 Å². The number of fused-ring (bicyclic) bond motifs is 4. The van der Waals surface area contributed by atoms with Gasteiger partial charge >= 0.3 is 0 Å². The number of hydrogen-bond donors (Lipinski definition) is 2. The lowest BCUT2D eigenvalue weighted by atomic mass is 9.93. The van der Waals surface area contributed by atoms with Crippen LogP contribution in [0.5, 0.6) is 5.75 Å². The van der Waals surface area contributed by atoms with Gasteiger partial charge in [-0.05, 0) is 70.2 Å². The Morgan fingerprint density at radius 1 is 1.10 bits per heavy atom. The average Bonchev–Trinajstić information content (AvgIpc) is 3.63. The fourth-order valence-electron chi connectivity index (χ4n) is 7.38. The second kappa shape index (κ2) is 13.4. The number of aromatic nitrogens is 3.